The molecule has 5 heteroatoms. The Morgan fingerprint density at radius 2 is 1.93 bits per heavy atom. The molecule has 1 aliphatic rings. The Morgan fingerprint density at radius 1 is 1.19 bits per heavy atom. The highest BCUT2D eigenvalue weighted by atomic mass is 35.5. The minimum absolute atomic E-state index is 0.0915. The van der Waals surface area contributed by atoms with Crippen molar-refractivity contribution in [3.05, 3.63) is 64.7 Å². The number of amides is 1. The van der Waals surface area contributed by atoms with E-state index in [-0.39, 0.29) is 5.91 Å². The molecule has 27 heavy (non-hydrogen) atoms. The molecule has 144 valence electrons. The summed E-state index contributed by atoms with van der Waals surface area (Å²) in [5.41, 5.74) is 1.73. The fraction of sp³-hybridized carbons (Fsp3) is 0.409. The molecule has 0 aliphatic carbocycles. The fourth-order valence-corrected chi connectivity index (χ4v) is 3.46. The number of hydrogen-bond donors (Lipinski definition) is 1. The maximum atomic E-state index is 12.8. The highest BCUT2D eigenvalue weighted by Gasteiger charge is 2.23. The highest BCUT2D eigenvalue weighted by Crippen LogP contribution is 2.21. The summed E-state index contributed by atoms with van der Waals surface area (Å²) in [5, 5.41) is 4.11. The van der Waals surface area contributed by atoms with Crippen molar-refractivity contribution in [2.75, 3.05) is 26.2 Å². The van der Waals surface area contributed by atoms with Gasteiger partial charge >= 0.3 is 0 Å². The van der Waals surface area contributed by atoms with Gasteiger partial charge in [0, 0.05) is 23.7 Å². The zero-order chi connectivity index (χ0) is 19.1. The van der Waals surface area contributed by atoms with E-state index in [4.69, 9.17) is 16.3 Å². The van der Waals surface area contributed by atoms with Gasteiger partial charge in [-0.2, -0.15) is 0 Å². The first-order valence-corrected chi connectivity index (χ1v) is 10.0. The summed E-state index contributed by atoms with van der Waals surface area (Å²) < 4.78 is 5.85. The van der Waals surface area contributed by atoms with Crippen LogP contribution in [0.5, 0.6) is 5.75 Å². The number of likely N-dealkylation sites (tertiary alicyclic amines) is 1. The van der Waals surface area contributed by atoms with E-state index in [0.29, 0.717) is 28.9 Å². The van der Waals surface area contributed by atoms with Crippen LogP contribution in [0.1, 0.15) is 35.7 Å². The van der Waals surface area contributed by atoms with Crippen molar-refractivity contribution in [3.63, 3.8) is 0 Å². The highest BCUT2D eigenvalue weighted by molar-refractivity contribution is 6.30. The third-order valence-corrected chi connectivity index (χ3v) is 5.24. The molecule has 0 aromatic heterocycles. The van der Waals surface area contributed by atoms with Crippen LogP contribution in [0.25, 0.3) is 0 Å². The number of carbonyl (C=O) groups excluding carboxylic acids is 1. The molecule has 3 rings (SSSR count). The summed E-state index contributed by atoms with van der Waals surface area (Å²) >= 11 is 5.91. The molecule has 0 atom stereocenters. The predicted octanol–water partition coefficient (Wildman–Crippen LogP) is 4.38. The lowest BCUT2D eigenvalue weighted by Gasteiger charge is -2.32. The molecule has 0 bridgehead atoms. The van der Waals surface area contributed by atoms with Gasteiger partial charge in [-0.25, -0.2) is 0 Å². The maximum absolute atomic E-state index is 12.8. The van der Waals surface area contributed by atoms with E-state index in [1.165, 1.54) is 0 Å². The van der Waals surface area contributed by atoms with Gasteiger partial charge in [0.05, 0.1) is 0 Å². The van der Waals surface area contributed by atoms with Crippen molar-refractivity contribution in [2.24, 2.45) is 5.92 Å². The van der Waals surface area contributed by atoms with Crippen molar-refractivity contribution in [1.82, 2.24) is 10.2 Å². The van der Waals surface area contributed by atoms with Crippen LogP contribution in [0.3, 0.4) is 0 Å². The van der Waals surface area contributed by atoms with Crippen LogP contribution in [0.4, 0.5) is 0 Å². The van der Waals surface area contributed by atoms with E-state index in [0.717, 1.165) is 44.6 Å². The summed E-state index contributed by atoms with van der Waals surface area (Å²) in [6, 6.07) is 15.0. The zero-order valence-corrected chi connectivity index (χ0v) is 16.5. The number of nitrogens with zero attached hydrogens (tertiary/aromatic N) is 1. The molecule has 4 nitrogen and oxygen atoms in total. The Hall–Kier alpha value is -2.04. The van der Waals surface area contributed by atoms with Gasteiger partial charge in [0.25, 0.3) is 5.91 Å². The molecule has 1 aliphatic heterocycles. The molecule has 1 heterocycles. The van der Waals surface area contributed by atoms with Crippen molar-refractivity contribution in [3.8, 4) is 5.75 Å². The second kappa shape index (κ2) is 9.77. The molecule has 0 spiro atoms. The number of halogens is 1. The van der Waals surface area contributed by atoms with Gasteiger partial charge in [0.1, 0.15) is 12.4 Å². The number of carbonyl (C=O) groups is 1. The molecule has 2 aromatic carbocycles. The number of rotatable bonds is 7. The number of hydrogen-bond acceptors (Lipinski definition) is 3. The van der Waals surface area contributed by atoms with Gasteiger partial charge in [-0.05, 0) is 67.7 Å². The first kappa shape index (κ1) is 19.7. The minimum Gasteiger partial charge on any atom is -0.489 e. The largest absolute Gasteiger partial charge is 0.489 e. The molecular formula is C22H27ClN2O2. The second-order valence-corrected chi connectivity index (χ2v) is 7.42. The maximum Gasteiger partial charge on any atom is 0.253 e. The molecular weight excluding hydrogens is 360 g/mol. The van der Waals surface area contributed by atoms with Crippen LogP contribution >= 0.6 is 11.6 Å². The topological polar surface area (TPSA) is 41.6 Å². The van der Waals surface area contributed by atoms with Crippen molar-refractivity contribution in [2.45, 2.75) is 26.4 Å². The SMILES string of the molecule is CCNCC1CCN(C(=O)c2cccc(OCc3ccc(Cl)cc3)c2)CC1. The van der Waals surface area contributed by atoms with Gasteiger partial charge in [-0.1, -0.05) is 36.7 Å². The number of nitrogens with one attached hydrogen (secondary N) is 1. The lowest BCUT2D eigenvalue weighted by molar-refractivity contribution is 0.0690. The standard InChI is InChI=1S/C22H27ClN2O2/c1-2-24-15-17-10-12-25(13-11-17)22(26)19-4-3-5-21(14-19)27-16-18-6-8-20(23)9-7-18/h3-9,14,17,24H,2,10-13,15-16H2,1H3. The molecule has 1 fully saturated rings. The molecule has 0 radical (unpaired) electrons. The Bertz CT molecular complexity index is 740. The van der Waals surface area contributed by atoms with Crippen LogP contribution in [0, 0.1) is 5.92 Å². The van der Waals surface area contributed by atoms with Gasteiger partial charge in [-0.15, -0.1) is 0 Å². The Morgan fingerprint density at radius 3 is 2.63 bits per heavy atom. The first-order chi connectivity index (χ1) is 13.2. The molecule has 2 aromatic rings. The first-order valence-electron chi connectivity index (χ1n) is 9.63. The summed E-state index contributed by atoms with van der Waals surface area (Å²) in [5.74, 6) is 1.47. The van der Waals surface area contributed by atoms with E-state index in [1.807, 2.05) is 53.4 Å². The number of benzene rings is 2. The monoisotopic (exact) mass is 386 g/mol. The molecule has 0 saturated carbocycles. The summed E-state index contributed by atoms with van der Waals surface area (Å²) in [7, 11) is 0. The van der Waals surface area contributed by atoms with Crippen molar-refractivity contribution >= 4 is 17.5 Å². The van der Waals surface area contributed by atoms with E-state index in [9.17, 15) is 4.79 Å². The quantitative estimate of drug-likeness (QED) is 0.767. The van der Waals surface area contributed by atoms with Crippen LogP contribution < -0.4 is 10.1 Å². The molecule has 1 saturated heterocycles. The average molecular weight is 387 g/mol. The zero-order valence-electron chi connectivity index (χ0n) is 15.8. The fourth-order valence-electron chi connectivity index (χ4n) is 3.34. The average Bonchev–Trinajstić information content (AvgIpc) is 2.72. The Kier molecular flexibility index (Phi) is 7.13. The summed E-state index contributed by atoms with van der Waals surface area (Å²) in [4.78, 5) is 14.8. The predicted molar refractivity (Wildman–Crippen MR) is 109 cm³/mol. The van der Waals surface area contributed by atoms with Crippen LogP contribution in [0.2, 0.25) is 5.02 Å². The van der Waals surface area contributed by atoms with Crippen LogP contribution in [-0.4, -0.2) is 37.0 Å². The lowest BCUT2D eigenvalue weighted by atomic mass is 9.96. The smallest absolute Gasteiger partial charge is 0.253 e. The van der Waals surface area contributed by atoms with E-state index >= 15 is 0 Å². The molecule has 0 unspecified atom stereocenters. The van der Waals surface area contributed by atoms with E-state index in [1.54, 1.807) is 0 Å². The third kappa shape index (κ3) is 5.72. The summed E-state index contributed by atoms with van der Waals surface area (Å²) in [6.07, 6.45) is 2.12. The van der Waals surface area contributed by atoms with Gasteiger partial charge in [-0.3, -0.25) is 4.79 Å². The van der Waals surface area contributed by atoms with Crippen LogP contribution in [-0.2, 0) is 6.61 Å². The third-order valence-electron chi connectivity index (χ3n) is 4.98. The van der Waals surface area contributed by atoms with Gasteiger partial charge in [0.15, 0.2) is 0 Å². The summed E-state index contributed by atoms with van der Waals surface area (Å²) in [6.45, 7) is 6.27. The van der Waals surface area contributed by atoms with Crippen molar-refractivity contribution < 1.29 is 9.53 Å². The van der Waals surface area contributed by atoms with Gasteiger partial charge in [0.2, 0.25) is 0 Å². The van der Waals surface area contributed by atoms with Crippen molar-refractivity contribution in [1.29, 1.82) is 0 Å². The normalized spacial score (nSPS) is 15.0. The Balaban J connectivity index is 1.55. The van der Waals surface area contributed by atoms with Gasteiger partial charge < -0.3 is 15.0 Å². The second-order valence-electron chi connectivity index (χ2n) is 6.99. The Labute approximate surface area is 166 Å². The molecule has 1 amide bonds. The molecule has 1 N–H and O–H groups in total. The van der Waals surface area contributed by atoms with E-state index in [2.05, 4.69) is 12.2 Å². The number of ether oxygens (including phenoxy) is 1. The van der Waals surface area contributed by atoms with E-state index < -0.39 is 0 Å². The lowest BCUT2D eigenvalue weighted by Crippen LogP contribution is -2.40. The number of piperidine rings is 1. The van der Waals surface area contributed by atoms with Crippen LogP contribution in [0.15, 0.2) is 48.5 Å². The minimum atomic E-state index is 0.0915.